The highest BCUT2D eigenvalue weighted by atomic mass is 16.5. The molecule has 0 aliphatic rings. The van der Waals surface area contributed by atoms with E-state index < -0.39 is 11.4 Å². The van der Waals surface area contributed by atoms with Crippen molar-refractivity contribution in [1.29, 1.82) is 5.26 Å². The Labute approximate surface area is 249 Å². The Morgan fingerprint density at radius 2 is 1.67 bits per heavy atom. The summed E-state index contributed by atoms with van der Waals surface area (Å²) in [5, 5.41) is 20.4. The Kier molecular flexibility index (Phi) is 7.35. The lowest BCUT2D eigenvalue weighted by Crippen LogP contribution is -2.27. The molecule has 0 bridgehead atoms. The molecular weight excluding hydrogens is 536 g/mol. The summed E-state index contributed by atoms with van der Waals surface area (Å²) in [6.45, 7) is 4.26. The van der Waals surface area contributed by atoms with Gasteiger partial charge in [0.15, 0.2) is 0 Å². The molecule has 0 saturated carbocycles. The maximum atomic E-state index is 12.0. The highest BCUT2D eigenvalue weighted by molar-refractivity contribution is 5.80. The number of carboxylic acids is 1. The number of hydrogen-bond donors (Lipinski definition) is 1. The van der Waals surface area contributed by atoms with E-state index in [1.807, 2.05) is 103 Å². The first kappa shape index (κ1) is 27.7. The zero-order valence-electron chi connectivity index (χ0n) is 24.0. The largest absolute Gasteiger partial charge is 0.487 e. The number of aromatic nitrogens is 3. The van der Waals surface area contributed by atoms with Crippen molar-refractivity contribution in [2.24, 2.45) is 5.41 Å². The van der Waals surface area contributed by atoms with Gasteiger partial charge in [-0.3, -0.25) is 4.79 Å². The van der Waals surface area contributed by atoms with Crippen LogP contribution in [0.25, 0.3) is 33.1 Å². The van der Waals surface area contributed by atoms with Crippen LogP contribution >= 0.6 is 0 Å². The van der Waals surface area contributed by atoms with Gasteiger partial charge in [-0.05, 0) is 60.9 Å². The molecule has 212 valence electrons. The molecule has 0 spiro atoms. The fourth-order valence-corrected chi connectivity index (χ4v) is 5.18. The van der Waals surface area contributed by atoms with E-state index >= 15 is 0 Å². The Morgan fingerprint density at radius 3 is 2.47 bits per heavy atom. The molecule has 0 aliphatic heterocycles. The van der Waals surface area contributed by atoms with Gasteiger partial charge in [-0.1, -0.05) is 66.7 Å². The number of para-hydroxylation sites is 1. The number of carbonyl (C=O) groups is 1. The van der Waals surface area contributed by atoms with Crippen LogP contribution in [-0.4, -0.2) is 25.6 Å². The van der Waals surface area contributed by atoms with Gasteiger partial charge in [0, 0.05) is 24.4 Å². The lowest BCUT2D eigenvalue weighted by atomic mass is 9.89. The first-order valence-electron chi connectivity index (χ1n) is 14.1. The molecular formula is C36H30N4O3. The van der Waals surface area contributed by atoms with Gasteiger partial charge in [-0.25, -0.2) is 9.97 Å². The van der Waals surface area contributed by atoms with E-state index in [1.54, 1.807) is 13.8 Å². The summed E-state index contributed by atoms with van der Waals surface area (Å²) in [4.78, 5) is 21.6. The van der Waals surface area contributed by atoms with Gasteiger partial charge in [0.25, 0.3) is 0 Å². The van der Waals surface area contributed by atoms with Crippen molar-refractivity contribution in [3.63, 3.8) is 0 Å². The highest BCUT2D eigenvalue weighted by Gasteiger charge is 2.30. The lowest BCUT2D eigenvalue weighted by Gasteiger charge is -2.19. The maximum absolute atomic E-state index is 12.0. The minimum atomic E-state index is -0.995. The van der Waals surface area contributed by atoms with E-state index in [1.165, 1.54) is 0 Å². The van der Waals surface area contributed by atoms with Crippen LogP contribution in [0, 0.1) is 16.7 Å². The van der Waals surface area contributed by atoms with E-state index in [2.05, 4.69) is 10.6 Å². The average molecular weight is 567 g/mol. The van der Waals surface area contributed by atoms with E-state index in [4.69, 9.17) is 14.7 Å². The van der Waals surface area contributed by atoms with Crippen LogP contribution in [0.1, 0.15) is 36.5 Å². The monoisotopic (exact) mass is 566 g/mol. The van der Waals surface area contributed by atoms with Gasteiger partial charge in [-0.2, -0.15) is 5.26 Å². The summed E-state index contributed by atoms with van der Waals surface area (Å²) in [6.07, 6.45) is 0.266. The predicted octanol–water partition coefficient (Wildman–Crippen LogP) is 7.40. The van der Waals surface area contributed by atoms with Crippen molar-refractivity contribution in [3.05, 3.63) is 126 Å². The third kappa shape index (κ3) is 5.81. The molecule has 6 aromatic rings. The number of nitrogens with zero attached hydrogens (tertiary/aromatic N) is 4. The molecule has 2 heterocycles. The summed E-state index contributed by atoms with van der Waals surface area (Å²) in [7, 11) is 0. The molecule has 0 amide bonds. The van der Waals surface area contributed by atoms with Gasteiger partial charge >= 0.3 is 5.97 Å². The van der Waals surface area contributed by atoms with Gasteiger partial charge < -0.3 is 14.4 Å². The summed E-state index contributed by atoms with van der Waals surface area (Å²) in [6, 6.07) is 35.7. The summed E-state index contributed by atoms with van der Waals surface area (Å²) >= 11 is 0. The molecule has 2 aromatic heterocycles. The third-order valence-corrected chi connectivity index (χ3v) is 7.67. The molecule has 0 atom stereocenters. The van der Waals surface area contributed by atoms with E-state index in [0.29, 0.717) is 30.3 Å². The Hall–Kier alpha value is -5.48. The number of benzene rings is 4. The number of fused-ring (bicyclic) bond motifs is 2. The van der Waals surface area contributed by atoms with Crippen molar-refractivity contribution >= 4 is 27.9 Å². The van der Waals surface area contributed by atoms with Gasteiger partial charge in [0.1, 0.15) is 18.2 Å². The number of nitriles is 1. The SMILES string of the molecule is CC(C)(Cc1nc2cc(OCc3ccc4ccccc4n3)ccc2n1Cc1ccc(-c2ccccc2C#N)cc1)C(=O)O. The van der Waals surface area contributed by atoms with Crippen LogP contribution < -0.4 is 4.74 Å². The zero-order chi connectivity index (χ0) is 30.0. The average Bonchev–Trinajstić information content (AvgIpc) is 3.35. The Morgan fingerprint density at radius 1 is 0.907 bits per heavy atom. The second kappa shape index (κ2) is 11.4. The fourth-order valence-electron chi connectivity index (χ4n) is 5.18. The van der Waals surface area contributed by atoms with Crippen molar-refractivity contribution in [2.75, 3.05) is 0 Å². The number of pyridine rings is 1. The van der Waals surface area contributed by atoms with Crippen molar-refractivity contribution < 1.29 is 14.6 Å². The van der Waals surface area contributed by atoms with Gasteiger partial charge in [0.05, 0.1) is 39.3 Å². The van der Waals surface area contributed by atoms with Crippen LogP contribution in [0.2, 0.25) is 0 Å². The quantitative estimate of drug-likeness (QED) is 0.196. The molecule has 1 N–H and O–H groups in total. The summed E-state index contributed by atoms with van der Waals surface area (Å²) in [5.41, 5.74) is 5.90. The Bertz CT molecular complexity index is 2000. The lowest BCUT2D eigenvalue weighted by molar-refractivity contribution is -0.146. The number of rotatable bonds is 9. The van der Waals surface area contributed by atoms with Gasteiger partial charge in [-0.15, -0.1) is 0 Å². The molecule has 0 aliphatic carbocycles. The van der Waals surface area contributed by atoms with Gasteiger partial charge in [0.2, 0.25) is 0 Å². The van der Waals surface area contributed by atoms with E-state index in [0.717, 1.165) is 44.3 Å². The van der Waals surface area contributed by atoms with Crippen LogP contribution in [0.5, 0.6) is 5.75 Å². The molecule has 0 unspecified atom stereocenters. The fraction of sp³-hybridized carbons (Fsp3) is 0.167. The smallest absolute Gasteiger partial charge is 0.309 e. The zero-order valence-corrected chi connectivity index (χ0v) is 24.0. The maximum Gasteiger partial charge on any atom is 0.309 e. The molecule has 4 aromatic carbocycles. The second-order valence-corrected chi connectivity index (χ2v) is 11.3. The van der Waals surface area contributed by atoms with Crippen molar-refractivity contribution in [3.8, 4) is 22.9 Å². The topological polar surface area (TPSA) is 101 Å². The van der Waals surface area contributed by atoms with Crippen LogP contribution in [-0.2, 0) is 24.4 Å². The molecule has 43 heavy (non-hydrogen) atoms. The van der Waals surface area contributed by atoms with Crippen LogP contribution in [0.3, 0.4) is 0 Å². The van der Waals surface area contributed by atoms with Crippen molar-refractivity contribution in [1.82, 2.24) is 14.5 Å². The second-order valence-electron chi connectivity index (χ2n) is 11.3. The molecule has 7 heteroatoms. The normalized spacial score (nSPS) is 11.5. The minimum Gasteiger partial charge on any atom is -0.487 e. The number of aliphatic carboxylic acids is 1. The third-order valence-electron chi connectivity index (χ3n) is 7.67. The van der Waals surface area contributed by atoms with Crippen LogP contribution in [0.15, 0.2) is 103 Å². The standard InChI is InChI=1S/C36H30N4O3/c1-36(2,35(41)42)20-34-39-32-19-29(43-23-28-16-15-26-7-4-6-10-31(26)38-28)17-18-33(32)40(34)22-24-11-13-25(14-12-24)30-9-5-3-8-27(30)21-37/h3-19H,20,22-23H2,1-2H3,(H,41,42). The summed E-state index contributed by atoms with van der Waals surface area (Å²) < 4.78 is 8.18. The molecule has 7 nitrogen and oxygen atoms in total. The number of imidazole rings is 1. The molecule has 6 rings (SSSR count). The molecule has 0 radical (unpaired) electrons. The van der Waals surface area contributed by atoms with Crippen LogP contribution in [0.4, 0.5) is 0 Å². The first-order chi connectivity index (χ1) is 20.8. The number of carboxylic acid groups (broad SMARTS) is 1. The van der Waals surface area contributed by atoms with Crippen molar-refractivity contribution in [2.45, 2.75) is 33.4 Å². The Balaban J connectivity index is 1.29. The molecule has 0 fully saturated rings. The van der Waals surface area contributed by atoms with E-state index in [-0.39, 0.29) is 6.42 Å². The molecule has 0 saturated heterocycles. The highest BCUT2D eigenvalue weighted by Crippen LogP contribution is 2.29. The summed E-state index contributed by atoms with van der Waals surface area (Å²) in [5.74, 6) is 0.477. The number of ether oxygens (including phenoxy) is 1. The first-order valence-corrected chi connectivity index (χ1v) is 14.1. The van der Waals surface area contributed by atoms with E-state index in [9.17, 15) is 15.2 Å². The predicted molar refractivity (Wildman–Crippen MR) is 167 cm³/mol. The number of hydrogen-bond acceptors (Lipinski definition) is 5. The minimum absolute atomic E-state index is 0.266.